The van der Waals surface area contributed by atoms with Crippen LogP contribution >= 0.6 is 0 Å². The summed E-state index contributed by atoms with van der Waals surface area (Å²) >= 11 is 0. The van der Waals surface area contributed by atoms with Gasteiger partial charge in [-0.05, 0) is 32.0 Å². The topological polar surface area (TPSA) is 44.1 Å². The molecule has 0 radical (unpaired) electrons. The summed E-state index contributed by atoms with van der Waals surface area (Å²) in [5.41, 5.74) is 1.72. The van der Waals surface area contributed by atoms with Crippen LogP contribution in [-0.2, 0) is 6.54 Å². The number of Topliss-reactive ketones (excluding diaryl/α,β-unsaturated/α-hetero) is 1. The van der Waals surface area contributed by atoms with E-state index in [0.29, 0.717) is 24.5 Å². The summed E-state index contributed by atoms with van der Waals surface area (Å²) < 4.78 is 7.52. The average Bonchev–Trinajstić information content (AvgIpc) is 2.76. The molecule has 0 N–H and O–H groups in total. The van der Waals surface area contributed by atoms with Gasteiger partial charge in [-0.15, -0.1) is 0 Å². The van der Waals surface area contributed by atoms with Crippen molar-refractivity contribution in [3.63, 3.8) is 0 Å². The van der Waals surface area contributed by atoms with Crippen molar-refractivity contribution in [3.8, 4) is 5.75 Å². The molecule has 4 nitrogen and oxygen atoms in total. The van der Waals surface area contributed by atoms with Gasteiger partial charge >= 0.3 is 0 Å². The molecule has 1 heterocycles. The first-order valence-corrected chi connectivity index (χ1v) is 5.89. The molecule has 0 atom stereocenters. The van der Waals surface area contributed by atoms with Gasteiger partial charge in [0.05, 0.1) is 12.1 Å². The molecule has 0 bridgehead atoms. The highest BCUT2D eigenvalue weighted by Crippen LogP contribution is 2.18. The number of carbonyl (C=O) groups excluding carboxylic acids is 1. The van der Waals surface area contributed by atoms with E-state index in [-0.39, 0.29) is 5.78 Å². The summed E-state index contributed by atoms with van der Waals surface area (Å²) in [6, 6.07) is 9.23. The lowest BCUT2D eigenvalue weighted by Crippen LogP contribution is -2.11. The molecule has 94 valence electrons. The normalized spacial score (nSPS) is 10.3. The number of rotatable bonds is 5. The molecule has 0 saturated heterocycles. The quantitative estimate of drug-likeness (QED) is 0.759. The van der Waals surface area contributed by atoms with Crippen LogP contribution in [0.1, 0.15) is 23.0 Å². The number of hydrogen-bond acceptors (Lipinski definition) is 3. The molecule has 0 spiro atoms. The van der Waals surface area contributed by atoms with Crippen molar-refractivity contribution in [1.82, 2.24) is 9.78 Å². The zero-order valence-corrected chi connectivity index (χ0v) is 10.6. The zero-order chi connectivity index (χ0) is 13.0. The second-order valence-corrected chi connectivity index (χ2v) is 4.10. The van der Waals surface area contributed by atoms with Gasteiger partial charge < -0.3 is 4.74 Å². The van der Waals surface area contributed by atoms with E-state index in [4.69, 9.17) is 4.74 Å². The molecule has 18 heavy (non-hydrogen) atoms. The monoisotopic (exact) mass is 244 g/mol. The van der Waals surface area contributed by atoms with E-state index in [1.54, 1.807) is 19.2 Å². The van der Waals surface area contributed by atoms with Crippen molar-refractivity contribution >= 4 is 5.78 Å². The van der Waals surface area contributed by atoms with Crippen LogP contribution in [0, 0.1) is 6.92 Å². The van der Waals surface area contributed by atoms with Crippen molar-refractivity contribution in [2.45, 2.75) is 20.4 Å². The number of aryl methyl sites for hydroxylation is 1. The van der Waals surface area contributed by atoms with Crippen LogP contribution in [0.15, 0.2) is 36.5 Å². The Hall–Kier alpha value is -2.10. The smallest absolute Gasteiger partial charge is 0.163 e. The standard InChI is InChI=1S/C14H16N2O2/c1-11-7-8-15-16(11)9-10-18-14-6-4-3-5-13(14)12(2)17/h3-8H,9-10H2,1-2H3. The molecular weight excluding hydrogens is 228 g/mol. The number of benzene rings is 1. The minimum Gasteiger partial charge on any atom is -0.491 e. The highest BCUT2D eigenvalue weighted by atomic mass is 16.5. The minimum atomic E-state index is 0.0147. The van der Waals surface area contributed by atoms with Gasteiger partial charge in [0.1, 0.15) is 12.4 Å². The lowest BCUT2D eigenvalue weighted by molar-refractivity contribution is 0.101. The first-order chi connectivity index (χ1) is 8.68. The van der Waals surface area contributed by atoms with E-state index in [0.717, 1.165) is 5.69 Å². The Morgan fingerprint density at radius 3 is 2.78 bits per heavy atom. The molecule has 1 aromatic heterocycles. The molecule has 0 unspecified atom stereocenters. The number of hydrogen-bond donors (Lipinski definition) is 0. The van der Waals surface area contributed by atoms with Gasteiger partial charge in [-0.1, -0.05) is 12.1 Å². The summed E-state index contributed by atoms with van der Waals surface area (Å²) in [7, 11) is 0. The lowest BCUT2D eigenvalue weighted by atomic mass is 10.1. The summed E-state index contributed by atoms with van der Waals surface area (Å²) in [5.74, 6) is 0.649. The number of ether oxygens (including phenoxy) is 1. The number of ketones is 1. The van der Waals surface area contributed by atoms with Crippen molar-refractivity contribution in [2.24, 2.45) is 0 Å². The first kappa shape index (κ1) is 12.4. The third-order valence-electron chi connectivity index (χ3n) is 2.76. The summed E-state index contributed by atoms with van der Waals surface area (Å²) in [6.07, 6.45) is 1.76. The Bertz CT molecular complexity index is 546. The molecule has 0 fully saturated rings. The van der Waals surface area contributed by atoms with E-state index in [1.807, 2.05) is 35.9 Å². The highest BCUT2D eigenvalue weighted by molar-refractivity contribution is 5.96. The van der Waals surface area contributed by atoms with Crippen LogP contribution in [0.5, 0.6) is 5.75 Å². The third-order valence-corrected chi connectivity index (χ3v) is 2.76. The van der Waals surface area contributed by atoms with Crippen molar-refractivity contribution in [1.29, 1.82) is 0 Å². The van der Waals surface area contributed by atoms with Crippen LogP contribution in [0.25, 0.3) is 0 Å². The molecule has 0 aliphatic rings. The lowest BCUT2D eigenvalue weighted by Gasteiger charge is -2.10. The summed E-state index contributed by atoms with van der Waals surface area (Å²) in [4.78, 5) is 11.4. The van der Waals surface area contributed by atoms with E-state index in [1.165, 1.54) is 0 Å². The van der Waals surface area contributed by atoms with Crippen LogP contribution in [0.3, 0.4) is 0 Å². The largest absolute Gasteiger partial charge is 0.491 e. The van der Waals surface area contributed by atoms with Gasteiger partial charge in [-0.2, -0.15) is 5.10 Å². The number of nitrogens with zero attached hydrogens (tertiary/aromatic N) is 2. The number of para-hydroxylation sites is 1. The van der Waals surface area contributed by atoms with E-state index < -0.39 is 0 Å². The maximum Gasteiger partial charge on any atom is 0.163 e. The van der Waals surface area contributed by atoms with E-state index >= 15 is 0 Å². The first-order valence-electron chi connectivity index (χ1n) is 5.89. The van der Waals surface area contributed by atoms with Crippen LogP contribution < -0.4 is 4.74 Å². The fourth-order valence-corrected chi connectivity index (χ4v) is 1.76. The van der Waals surface area contributed by atoms with Crippen LogP contribution in [0.2, 0.25) is 0 Å². The molecule has 0 amide bonds. The van der Waals surface area contributed by atoms with Gasteiger partial charge in [-0.3, -0.25) is 9.48 Å². The van der Waals surface area contributed by atoms with Gasteiger partial charge in [0.25, 0.3) is 0 Å². The van der Waals surface area contributed by atoms with Crippen LogP contribution in [0.4, 0.5) is 0 Å². The zero-order valence-electron chi connectivity index (χ0n) is 10.6. The minimum absolute atomic E-state index is 0.0147. The van der Waals surface area contributed by atoms with E-state index in [9.17, 15) is 4.79 Å². The molecule has 2 aromatic rings. The second kappa shape index (κ2) is 5.49. The summed E-state index contributed by atoms with van der Waals surface area (Å²) in [5, 5.41) is 4.17. The molecule has 0 aliphatic heterocycles. The van der Waals surface area contributed by atoms with Crippen LogP contribution in [-0.4, -0.2) is 22.2 Å². The Balaban J connectivity index is 1.99. The number of aromatic nitrogens is 2. The Kier molecular flexibility index (Phi) is 3.77. The van der Waals surface area contributed by atoms with Crippen molar-refractivity contribution in [3.05, 3.63) is 47.8 Å². The highest BCUT2D eigenvalue weighted by Gasteiger charge is 2.07. The predicted octanol–water partition coefficient (Wildman–Crippen LogP) is 2.47. The van der Waals surface area contributed by atoms with E-state index in [2.05, 4.69) is 5.10 Å². The SMILES string of the molecule is CC(=O)c1ccccc1OCCn1nccc1C. The summed E-state index contributed by atoms with van der Waals surface area (Å²) in [6.45, 7) is 4.70. The Morgan fingerprint density at radius 2 is 2.11 bits per heavy atom. The molecule has 2 rings (SSSR count). The fraction of sp³-hybridized carbons (Fsp3) is 0.286. The van der Waals surface area contributed by atoms with Gasteiger partial charge in [0.15, 0.2) is 5.78 Å². The second-order valence-electron chi connectivity index (χ2n) is 4.10. The van der Waals surface area contributed by atoms with Gasteiger partial charge in [0.2, 0.25) is 0 Å². The maximum atomic E-state index is 11.4. The molecule has 1 aromatic carbocycles. The molecular formula is C14H16N2O2. The average molecular weight is 244 g/mol. The third kappa shape index (κ3) is 2.77. The maximum absolute atomic E-state index is 11.4. The van der Waals surface area contributed by atoms with Crippen molar-refractivity contribution in [2.75, 3.05) is 6.61 Å². The molecule has 4 heteroatoms. The van der Waals surface area contributed by atoms with Crippen molar-refractivity contribution < 1.29 is 9.53 Å². The van der Waals surface area contributed by atoms with Gasteiger partial charge in [-0.25, -0.2) is 0 Å². The predicted molar refractivity (Wildman–Crippen MR) is 68.9 cm³/mol. The van der Waals surface area contributed by atoms with Gasteiger partial charge in [0, 0.05) is 11.9 Å². The Labute approximate surface area is 106 Å². The number of carbonyl (C=O) groups is 1. The molecule has 0 aliphatic carbocycles. The Morgan fingerprint density at radius 1 is 1.33 bits per heavy atom. The molecule has 0 saturated carbocycles. The fourth-order valence-electron chi connectivity index (χ4n) is 1.76.